The Bertz CT molecular complexity index is 581. The Balaban J connectivity index is 1.92. The first-order valence-electron chi connectivity index (χ1n) is 7.31. The first-order chi connectivity index (χ1) is 10.5. The predicted molar refractivity (Wildman–Crippen MR) is 82.0 cm³/mol. The molecule has 1 unspecified atom stereocenters. The smallest absolute Gasteiger partial charge is 0.322 e. The number of hydrogen-bond donors (Lipinski definition) is 2. The van der Waals surface area contributed by atoms with E-state index in [4.69, 9.17) is 4.74 Å². The maximum atomic E-state index is 12.1. The lowest BCUT2D eigenvalue weighted by molar-refractivity contribution is -0.138. The van der Waals surface area contributed by atoms with Gasteiger partial charge >= 0.3 is 5.97 Å². The first kappa shape index (κ1) is 16.9. The van der Waals surface area contributed by atoms with Gasteiger partial charge in [-0.25, -0.2) is 13.1 Å². The number of carboxylic acid groups (broad SMARTS) is 1. The molecule has 1 aromatic rings. The number of aliphatic carboxylic acids is 1. The molecule has 2 atom stereocenters. The number of carbonyl (C=O) groups is 1. The second-order valence-electron chi connectivity index (χ2n) is 5.54. The number of rotatable bonds is 8. The van der Waals surface area contributed by atoms with Crippen LogP contribution in [0.5, 0.6) is 0 Å². The molecule has 1 aliphatic rings. The summed E-state index contributed by atoms with van der Waals surface area (Å²) in [5.41, 5.74) is 0.779. The Morgan fingerprint density at radius 3 is 2.68 bits per heavy atom. The lowest BCUT2D eigenvalue weighted by Gasteiger charge is -2.16. The van der Waals surface area contributed by atoms with E-state index in [9.17, 15) is 18.3 Å². The van der Waals surface area contributed by atoms with Crippen molar-refractivity contribution in [1.29, 1.82) is 0 Å². The van der Waals surface area contributed by atoms with E-state index in [0.717, 1.165) is 12.0 Å². The van der Waals surface area contributed by atoms with E-state index in [1.54, 1.807) is 24.3 Å². The molecule has 0 saturated carbocycles. The Hall–Kier alpha value is -1.44. The zero-order valence-electron chi connectivity index (χ0n) is 12.3. The summed E-state index contributed by atoms with van der Waals surface area (Å²) < 4.78 is 31.7. The largest absolute Gasteiger partial charge is 0.480 e. The number of nitrogens with one attached hydrogen (secondary N) is 1. The summed E-state index contributed by atoms with van der Waals surface area (Å²) in [6.07, 6.45) is 1.48. The van der Waals surface area contributed by atoms with Gasteiger partial charge in [0.15, 0.2) is 0 Å². The summed E-state index contributed by atoms with van der Waals surface area (Å²) in [6, 6.07) is 7.83. The fourth-order valence-corrected chi connectivity index (χ4v) is 3.82. The summed E-state index contributed by atoms with van der Waals surface area (Å²) in [6.45, 7) is 1.26. The van der Waals surface area contributed by atoms with Crippen molar-refractivity contribution in [3.05, 3.63) is 35.9 Å². The van der Waals surface area contributed by atoms with Crippen molar-refractivity contribution >= 4 is 16.0 Å². The Kier molecular flexibility index (Phi) is 5.93. The molecule has 0 radical (unpaired) electrons. The topological polar surface area (TPSA) is 92.7 Å². The molecule has 7 heteroatoms. The number of benzene rings is 1. The number of hydrogen-bond acceptors (Lipinski definition) is 4. The maximum absolute atomic E-state index is 12.1. The van der Waals surface area contributed by atoms with Crippen LogP contribution in [0.3, 0.4) is 0 Å². The van der Waals surface area contributed by atoms with Crippen molar-refractivity contribution in [2.24, 2.45) is 5.92 Å². The van der Waals surface area contributed by atoms with E-state index in [-0.39, 0.29) is 18.1 Å². The number of sulfonamides is 1. The highest BCUT2D eigenvalue weighted by molar-refractivity contribution is 7.89. The Morgan fingerprint density at radius 2 is 2.09 bits per heavy atom. The highest BCUT2D eigenvalue weighted by Gasteiger charge is 2.26. The lowest BCUT2D eigenvalue weighted by Crippen LogP contribution is -2.43. The van der Waals surface area contributed by atoms with E-state index in [0.29, 0.717) is 19.6 Å². The molecule has 0 bridgehead atoms. The maximum Gasteiger partial charge on any atom is 0.322 e. The van der Waals surface area contributed by atoms with E-state index in [2.05, 4.69) is 4.72 Å². The van der Waals surface area contributed by atoms with Crippen LogP contribution in [0.2, 0.25) is 0 Å². The van der Waals surface area contributed by atoms with E-state index < -0.39 is 22.0 Å². The van der Waals surface area contributed by atoms with Crippen LogP contribution < -0.4 is 4.72 Å². The van der Waals surface area contributed by atoms with Crippen molar-refractivity contribution < 1.29 is 23.1 Å². The van der Waals surface area contributed by atoms with Crippen LogP contribution in [-0.2, 0) is 26.0 Å². The summed E-state index contributed by atoms with van der Waals surface area (Å²) in [5, 5.41) is 9.23. The molecule has 1 heterocycles. The van der Waals surface area contributed by atoms with Gasteiger partial charge in [-0.2, -0.15) is 0 Å². The first-order valence-corrected chi connectivity index (χ1v) is 8.96. The molecule has 0 aromatic heterocycles. The van der Waals surface area contributed by atoms with Crippen LogP contribution in [0.15, 0.2) is 30.3 Å². The van der Waals surface area contributed by atoms with Crippen molar-refractivity contribution in [3.63, 3.8) is 0 Å². The average Bonchev–Trinajstić information content (AvgIpc) is 2.99. The van der Waals surface area contributed by atoms with E-state index in [1.807, 2.05) is 6.07 Å². The van der Waals surface area contributed by atoms with Gasteiger partial charge in [0.1, 0.15) is 6.04 Å². The second-order valence-corrected chi connectivity index (χ2v) is 7.41. The zero-order chi connectivity index (χ0) is 16.0. The highest BCUT2D eigenvalue weighted by atomic mass is 32.2. The summed E-state index contributed by atoms with van der Waals surface area (Å²) in [4.78, 5) is 11.3. The molecule has 22 heavy (non-hydrogen) atoms. The third-order valence-electron chi connectivity index (χ3n) is 3.72. The van der Waals surface area contributed by atoms with Crippen LogP contribution in [0.25, 0.3) is 0 Å². The van der Waals surface area contributed by atoms with Gasteiger partial charge in [-0.15, -0.1) is 0 Å². The van der Waals surface area contributed by atoms with Crippen LogP contribution in [-0.4, -0.2) is 44.5 Å². The third-order valence-corrected chi connectivity index (χ3v) is 5.14. The molecule has 2 N–H and O–H groups in total. The van der Waals surface area contributed by atoms with Gasteiger partial charge in [-0.3, -0.25) is 4.79 Å². The fraction of sp³-hybridized carbons (Fsp3) is 0.533. The van der Waals surface area contributed by atoms with Gasteiger partial charge in [0, 0.05) is 13.2 Å². The Labute approximate surface area is 130 Å². The number of carboxylic acids is 1. The van der Waals surface area contributed by atoms with E-state index >= 15 is 0 Å². The monoisotopic (exact) mass is 327 g/mol. The molecule has 1 aliphatic heterocycles. The normalized spacial score (nSPS) is 19.9. The second kappa shape index (κ2) is 7.71. The highest BCUT2D eigenvalue weighted by Crippen LogP contribution is 2.17. The van der Waals surface area contributed by atoms with Crippen LogP contribution >= 0.6 is 0 Å². The van der Waals surface area contributed by atoms with Crippen molar-refractivity contribution in [2.75, 3.05) is 19.0 Å². The summed E-state index contributed by atoms with van der Waals surface area (Å²) in [7, 11) is -3.62. The van der Waals surface area contributed by atoms with Gasteiger partial charge in [0.25, 0.3) is 0 Å². The quantitative estimate of drug-likeness (QED) is 0.744. The van der Waals surface area contributed by atoms with Crippen LogP contribution in [0.1, 0.15) is 18.4 Å². The van der Waals surface area contributed by atoms with Gasteiger partial charge < -0.3 is 9.84 Å². The molecule has 1 aromatic carbocycles. The standard InChI is InChI=1S/C15H21NO5S/c17-15(18)14(10-12-4-2-1-3-5-12)16-22(19,20)9-7-13-6-8-21-11-13/h1-5,13-14,16H,6-11H2,(H,17,18)/t13?,14-/m0/s1. The minimum absolute atomic E-state index is 0.0698. The summed E-state index contributed by atoms with van der Waals surface area (Å²) >= 11 is 0. The third kappa shape index (κ3) is 5.40. The van der Waals surface area contributed by atoms with Crippen LogP contribution in [0.4, 0.5) is 0 Å². The molecule has 2 rings (SSSR count). The molecule has 0 aliphatic carbocycles. The zero-order valence-corrected chi connectivity index (χ0v) is 13.1. The predicted octanol–water partition coefficient (Wildman–Crippen LogP) is 1.03. The van der Waals surface area contributed by atoms with Crippen molar-refractivity contribution in [3.8, 4) is 0 Å². The van der Waals surface area contributed by atoms with Gasteiger partial charge in [-0.05, 0) is 30.7 Å². The molecule has 1 saturated heterocycles. The fourth-order valence-electron chi connectivity index (χ4n) is 2.44. The number of ether oxygens (including phenoxy) is 1. The molecule has 0 spiro atoms. The summed E-state index contributed by atoms with van der Waals surface area (Å²) in [5.74, 6) is -0.995. The minimum atomic E-state index is -3.62. The average molecular weight is 327 g/mol. The molecule has 0 amide bonds. The van der Waals surface area contributed by atoms with Crippen LogP contribution in [0, 0.1) is 5.92 Å². The van der Waals surface area contributed by atoms with Crippen molar-refractivity contribution in [1.82, 2.24) is 4.72 Å². The lowest BCUT2D eigenvalue weighted by atomic mass is 10.1. The molecule has 122 valence electrons. The van der Waals surface area contributed by atoms with Crippen molar-refractivity contribution in [2.45, 2.75) is 25.3 Å². The van der Waals surface area contributed by atoms with E-state index in [1.165, 1.54) is 0 Å². The molecular formula is C15H21NO5S. The van der Waals surface area contributed by atoms with Gasteiger partial charge in [0.2, 0.25) is 10.0 Å². The molecular weight excluding hydrogens is 306 g/mol. The SMILES string of the molecule is O=C(O)[C@H](Cc1ccccc1)NS(=O)(=O)CCC1CCOC1. The van der Waals surface area contributed by atoms with Gasteiger partial charge in [0.05, 0.1) is 5.75 Å². The Morgan fingerprint density at radius 1 is 1.36 bits per heavy atom. The molecule has 6 nitrogen and oxygen atoms in total. The van der Waals surface area contributed by atoms with Gasteiger partial charge in [-0.1, -0.05) is 30.3 Å². The minimum Gasteiger partial charge on any atom is -0.480 e. The molecule has 1 fully saturated rings.